The van der Waals surface area contributed by atoms with Gasteiger partial charge in [-0.2, -0.15) is 0 Å². The molecular weight excluding hydrogens is 306 g/mol. The van der Waals surface area contributed by atoms with Crippen LogP contribution in [0.5, 0.6) is 5.75 Å². The number of likely N-dealkylation sites (N-methyl/N-ethyl adjacent to an activating group) is 1. The molecule has 0 aromatic heterocycles. The molecule has 0 spiro atoms. The largest absolute Gasteiger partial charge is 0.492 e. The molecular formula is C15H22BrNO2. The Hall–Kier alpha value is -0.580. The molecule has 3 nitrogen and oxygen atoms in total. The van der Waals surface area contributed by atoms with Gasteiger partial charge in [0.1, 0.15) is 12.4 Å². The molecule has 2 rings (SSSR count). The zero-order valence-corrected chi connectivity index (χ0v) is 13.0. The van der Waals surface area contributed by atoms with Gasteiger partial charge in [0.2, 0.25) is 0 Å². The maximum Gasteiger partial charge on any atom is 0.119 e. The zero-order chi connectivity index (χ0) is 13.7. The molecule has 106 valence electrons. The van der Waals surface area contributed by atoms with Crippen LogP contribution in [0.15, 0.2) is 28.7 Å². The van der Waals surface area contributed by atoms with Crippen molar-refractivity contribution in [2.24, 2.45) is 0 Å². The predicted molar refractivity (Wildman–Crippen MR) is 80.6 cm³/mol. The van der Waals surface area contributed by atoms with Gasteiger partial charge >= 0.3 is 0 Å². The summed E-state index contributed by atoms with van der Waals surface area (Å²) in [6.07, 6.45) is 4.18. The minimum atomic E-state index is -0.466. The standard InChI is InChI=1S/C15H22BrNO2/c1-17(12-15(18)8-2-3-9-15)10-11-19-14-6-4-13(16)5-7-14/h4-7,18H,2-3,8-12H2,1H3. The molecule has 4 heteroatoms. The van der Waals surface area contributed by atoms with Crippen LogP contribution in [0, 0.1) is 0 Å². The zero-order valence-electron chi connectivity index (χ0n) is 11.4. The Bertz CT molecular complexity index is 388. The van der Waals surface area contributed by atoms with Crippen molar-refractivity contribution in [3.05, 3.63) is 28.7 Å². The van der Waals surface area contributed by atoms with Crippen molar-refractivity contribution < 1.29 is 9.84 Å². The summed E-state index contributed by atoms with van der Waals surface area (Å²) in [4.78, 5) is 2.16. The molecule has 1 aliphatic carbocycles. The lowest BCUT2D eigenvalue weighted by Gasteiger charge is -2.28. The van der Waals surface area contributed by atoms with Gasteiger partial charge in [-0.3, -0.25) is 0 Å². The van der Waals surface area contributed by atoms with Crippen LogP contribution in [-0.4, -0.2) is 42.4 Å². The lowest BCUT2D eigenvalue weighted by molar-refractivity contribution is 0.0139. The Balaban J connectivity index is 1.69. The van der Waals surface area contributed by atoms with E-state index in [2.05, 4.69) is 20.8 Å². The minimum Gasteiger partial charge on any atom is -0.492 e. The van der Waals surface area contributed by atoms with Crippen molar-refractivity contribution in [2.45, 2.75) is 31.3 Å². The average molecular weight is 328 g/mol. The molecule has 0 bridgehead atoms. The lowest BCUT2D eigenvalue weighted by atomic mass is 10.0. The second-order valence-electron chi connectivity index (χ2n) is 5.47. The molecule has 1 aromatic rings. The topological polar surface area (TPSA) is 32.7 Å². The first-order chi connectivity index (χ1) is 9.07. The van der Waals surface area contributed by atoms with E-state index in [0.717, 1.165) is 49.0 Å². The first kappa shape index (κ1) is 14.8. The van der Waals surface area contributed by atoms with Crippen LogP contribution in [0.25, 0.3) is 0 Å². The number of rotatable bonds is 6. The van der Waals surface area contributed by atoms with Crippen LogP contribution in [0.3, 0.4) is 0 Å². The van der Waals surface area contributed by atoms with Gasteiger partial charge in [0.15, 0.2) is 0 Å². The molecule has 0 saturated heterocycles. The molecule has 0 atom stereocenters. The monoisotopic (exact) mass is 327 g/mol. The van der Waals surface area contributed by atoms with Gasteiger partial charge in [-0.05, 0) is 44.2 Å². The predicted octanol–water partition coefficient (Wildman–Crippen LogP) is 3.06. The number of nitrogens with zero attached hydrogens (tertiary/aromatic N) is 1. The highest BCUT2D eigenvalue weighted by molar-refractivity contribution is 9.10. The van der Waals surface area contributed by atoms with Crippen molar-refractivity contribution in [1.29, 1.82) is 0 Å². The van der Waals surface area contributed by atoms with E-state index >= 15 is 0 Å². The van der Waals surface area contributed by atoms with Gasteiger partial charge < -0.3 is 14.7 Å². The normalized spacial score (nSPS) is 17.9. The van der Waals surface area contributed by atoms with Crippen molar-refractivity contribution in [3.8, 4) is 5.75 Å². The third kappa shape index (κ3) is 4.79. The fourth-order valence-electron chi connectivity index (χ4n) is 2.62. The van der Waals surface area contributed by atoms with E-state index < -0.39 is 5.60 Å². The molecule has 0 unspecified atom stereocenters. The summed E-state index contributed by atoms with van der Waals surface area (Å²) in [5.74, 6) is 0.885. The van der Waals surface area contributed by atoms with E-state index in [1.54, 1.807) is 0 Å². The molecule has 1 aliphatic rings. The molecule has 1 fully saturated rings. The third-order valence-corrected chi connectivity index (χ3v) is 4.18. The Morgan fingerprint density at radius 1 is 1.26 bits per heavy atom. The molecule has 0 radical (unpaired) electrons. The van der Waals surface area contributed by atoms with Crippen molar-refractivity contribution in [1.82, 2.24) is 4.90 Å². The summed E-state index contributed by atoms with van der Waals surface area (Å²) >= 11 is 3.40. The summed E-state index contributed by atoms with van der Waals surface area (Å²) in [7, 11) is 2.04. The van der Waals surface area contributed by atoms with E-state index in [1.807, 2.05) is 31.3 Å². The number of aliphatic hydroxyl groups is 1. The molecule has 0 aliphatic heterocycles. The summed E-state index contributed by atoms with van der Waals surface area (Å²) in [5.41, 5.74) is -0.466. The highest BCUT2D eigenvalue weighted by atomic mass is 79.9. The molecule has 1 saturated carbocycles. The fraction of sp³-hybridized carbons (Fsp3) is 0.600. The van der Waals surface area contributed by atoms with Crippen LogP contribution in [0.1, 0.15) is 25.7 Å². The van der Waals surface area contributed by atoms with Crippen LogP contribution in [0.4, 0.5) is 0 Å². The summed E-state index contributed by atoms with van der Waals surface area (Å²) in [6.45, 7) is 2.23. The van der Waals surface area contributed by atoms with Crippen LogP contribution in [-0.2, 0) is 0 Å². The first-order valence-corrected chi connectivity index (χ1v) is 7.66. The third-order valence-electron chi connectivity index (χ3n) is 3.65. The number of benzene rings is 1. The molecule has 1 N–H and O–H groups in total. The number of halogens is 1. The van der Waals surface area contributed by atoms with Crippen molar-refractivity contribution >= 4 is 15.9 Å². The minimum absolute atomic E-state index is 0.466. The smallest absolute Gasteiger partial charge is 0.119 e. The maximum absolute atomic E-state index is 10.3. The highest BCUT2D eigenvalue weighted by Gasteiger charge is 2.31. The molecule has 0 amide bonds. The quantitative estimate of drug-likeness (QED) is 0.871. The SMILES string of the molecule is CN(CCOc1ccc(Br)cc1)CC1(O)CCCC1. The Kier molecular flexibility index (Phi) is 5.25. The van der Waals surface area contributed by atoms with E-state index in [0.29, 0.717) is 6.61 Å². The molecule has 0 heterocycles. The first-order valence-electron chi connectivity index (χ1n) is 6.87. The lowest BCUT2D eigenvalue weighted by Crippen LogP contribution is -2.40. The van der Waals surface area contributed by atoms with Crippen LogP contribution < -0.4 is 4.74 Å². The second kappa shape index (κ2) is 6.73. The van der Waals surface area contributed by atoms with Gasteiger partial charge in [-0.1, -0.05) is 28.8 Å². The van der Waals surface area contributed by atoms with Gasteiger partial charge in [-0.25, -0.2) is 0 Å². The van der Waals surface area contributed by atoms with Gasteiger partial charge in [0.05, 0.1) is 5.60 Å². The van der Waals surface area contributed by atoms with Crippen LogP contribution in [0.2, 0.25) is 0 Å². The molecule has 19 heavy (non-hydrogen) atoms. The van der Waals surface area contributed by atoms with E-state index in [-0.39, 0.29) is 0 Å². The van der Waals surface area contributed by atoms with Crippen molar-refractivity contribution in [3.63, 3.8) is 0 Å². The number of hydrogen-bond donors (Lipinski definition) is 1. The number of ether oxygens (including phenoxy) is 1. The Morgan fingerprint density at radius 2 is 1.89 bits per heavy atom. The van der Waals surface area contributed by atoms with E-state index in [9.17, 15) is 5.11 Å². The Labute approximate surface area is 123 Å². The summed E-state index contributed by atoms with van der Waals surface area (Å²) in [5, 5.41) is 10.3. The van der Waals surface area contributed by atoms with E-state index in [1.165, 1.54) is 0 Å². The molecule has 1 aromatic carbocycles. The highest BCUT2D eigenvalue weighted by Crippen LogP contribution is 2.29. The van der Waals surface area contributed by atoms with Gasteiger partial charge in [-0.15, -0.1) is 0 Å². The van der Waals surface area contributed by atoms with Crippen LogP contribution >= 0.6 is 15.9 Å². The second-order valence-corrected chi connectivity index (χ2v) is 6.39. The van der Waals surface area contributed by atoms with Crippen molar-refractivity contribution in [2.75, 3.05) is 26.7 Å². The van der Waals surface area contributed by atoms with Gasteiger partial charge in [0.25, 0.3) is 0 Å². The van der Waals surface area contributed by atoms with Gasteiger partial charge in [0, 0.05) is 17.6 Å². The Morgan fingerprint density at radius 3 is 2.53 bits per heavy atom. The average Bonchev–Trinajstić information content (AvgIpc) is 2.78. The fourth-order valence-corrected chi connectivity index (χ4v) is 2.89. The maximum atomic E-state index is 10.3. The summed E-state index contributed by atoms with van der Waals surface area (Å²) in [6, 6.07) is 7.85. The van der Waals surface area contributed by atoms with E-state index in [4.69, 9.17) is 4.74 Å². The number of hydrogen-bond acceptors (Lipinski definition) is 3. The summed E-state index contributed by atoms with van der Waals surface area (Å²) < 4.78 is 6.74.